The summed E-state index contributed by atoms with van der Waals surface area (Å²) in [5, 5.41) is 0. The maximum absolute atomic E-state index is 12.4. The van der Waals surface area contributed by atoms with E-state index in [2.05, 4.69) is 0 Å². The second-order valence-corrected chi connectivity index (χ2v) is 5.48. The van der Waals surface area contributed by atoms with Crippen LogP contribution in [-0.4, -0.2) is 54.6 Å². The van der Waals surface area contributed by atoms with Gasteiger partial charge < -0.3 is 19.0 Å². The third-order valence-electron chi connectivity index (χ3n) is 4.13. The molecule has 0 N–H and O–H groups in total. The van der Waals surface area contributed by atoms with E-state index in [9.17, 15) is 9.59 Å². The molecule has 114 valence electrons. The lowest BCUT2D eigenvalue weighted by molar-refractivity contribution is -0.134. The second-order valence-electron chi connectivity index (χ2n) is 5.48. The van der Waals surface area contributed by atoms with Crippen molar-refractivity contribution in [1.82, 2.24) is 9.80 Å². The smallest absolute Gasteiger partial charge is 0.409 e. The van der Waals surface area contributed by atoms with Gasteiger partial charge >= 0.3 is 6.09 Å². The lowest BCUT2D eigenvalue weighted by Gasteiger charge is -2.34. The van der Waals surface area contributed by atoms with Crippen LogP contribution in [0.1, 0.15) is 25.0 Å². The van der Waals surface area contributed by atoms with Crippen molar-refractivity contribution in [3.05, 3.63) is 24.2 Å². The molecule has 0 aromatic carbocycles. The zero-order valence-corrected chi connectivity index (χ0v) is 12.2. The van der Waals surface area contributed by atoms with Gasteiger partial charge in [-0.05, 0) is 25.5 Å². The van der Waals surface area contributed by atoms with Crippen LogP contribution in [-0.2, 0) is 9.53 Å². The number of ether oxygens (including phenoxy) is 1. The molecule has 2 atom stereocenters. The maximum atomic E-state index is 12.4. The fraction of sp³-hybridized carbons (Fsp3) is 0.600. The molecular formula is C15H20N2O4. The van der Waals surface area contributed by atoms with Crippen LogP contribution in [0.15, 0.2) is 22.8 Å². The van der Waals surface area contributed by atoms with Gasteiger partial charge in [-0.3, -0.25) is 4.79 Å². The molecule has 3 rings (SSSR count). The van der Waals surface area contributed by atoms with Crippen LogP contribution >= 0.6 is 0 Å². The molecule has 1 aromatic heterocycles. The van der Waals surface area contributed by atoms with Crippen molar-refractivity contribution in [2.24, 2.45) is 5.92 Å². The summed E-state index contributed by atoms with van der Waals surface area (Å²) in [7, 11) is 0. The Labute approximate surface area is 123 Å². The van der Waals surface area contributed by atoms with Gasteiger partial charge in [0.15, 0.2) is 0 Å². The summed E-state index contributed by atoms with van der Waals surface area (Å²) < 4.78 is 10.3. The standard InChI is InChI=1S/C15H20N2O4/c1-2-20-15(19)17-7-5-16(6-8-17)14(18)12-10-11(12)13-4-3-9-21-13/h3-4,9,11-12H,2,5-8,10H2,1H3/t11-,12+/m1/s1. The summed E-state index contributed by atoms with van der Waals surface area (Å²) in [6.45, 7) is 4.42. The highest BCUT2D eigenvalue weighted by Crippen LogP contribution is 2.48. The van der Waals surface area contributed by atoms with Gasteiger partial charge in [-0.15, -0.1) is 0 Å². The van der Waals surface area contributed by atoms with Crippen LogP contribution in [0, 0.1) is 5.92 Å². The average Bonchev–Trinajstić information content (AvgIpc) is 3.12. The minimum Gasteiger partial charge on any atom is -0.469 e. The zero-order chi connectivity index (χ0) is 14.8. The number of carbonyl (C=O) groups excluding carboxylic acids is 2. The maximum Gasteiger partial charge on any atom is 0.409 e. The first kappa shape index (κ1) is 14.0. The highest BCUT2D eigenvalue weighted by atomic mass is 16.6. The first-order chi connectivity index (χ1) is 10.2. The van der Waals surface area contributed by atoms with Crippen molar-refractivity contribution in [2.75, 3.05) is 32.8 Å². The molecule has 1 aromatic rings. The van der Waals surface area contributed by atoms with E-state index in [1.54, 1.807) is 18.1 Å². The molecule has 1 saturated heterocycles. The summed E-state index contributed by atoms with van der Waals surface area (Å²) in [6.07, 6.45) is 2.22. The normalized spacial score (nSPS) is 24.8. The van der Waals surface area contributed by atoms with E-state index in [-0.39, 0.29) is 23.8 Å². The monoisotopic (exact) mass is 292 g/mol. The third kappa shape index (κ3) is 2.89. The molecule has 2 amide bonds. The van der Waals surface area contributed by atoms with Gasteiger partial charge in [-0.25, -0.2) is 4.79 Å². The van der Waals surface area contributed by atoms with E-state index >= 15 is 0 Å². The third-order valence-corrected chi connectivity index (χ3v) is 4.13. The van der Waals surface area contributed by atoms with Crippen LogP contribution in [0.4, 0.5) is 4.79 Å². The molecule has 2 fully saturated rings. The lowest BCUT2D eigenvalue weighted by atomic mass is 10.2. The quantitative estimate of drug-likeness (QED) is 0.850. The number of amides is 2. The number of hydrogen-bond donors (Lipinski definition) is 0. The highest BCUT2D eigenvalue weighted by Gasteiger charge is 2.47. The van der Waals surface area contributed by atoms with Gasteiger partial charge in [-0.1, -0.05) is 0 Å². The minimum absolute atomic E-state index is 0.0466. The Morgan fingerprint density at radius 3 is 2.62 bits per heavy atom. The van der Waals surface area contributed by atoms with Crippen LogP contribution < -0.4 is 0 Å². The van der Waals surface area contributed by atoms with Crippen LogP contribution in [0.3, 0.4) is 0 Å². The first-order valence-corrected chi connectivity index (χ1v) is 7.44. The van der Waals surface area contributed by atoms with Crippen molar-refractivity contribution in [3.8, 4) is 0 Å². The molecular weight excluding hydrogens is 272 g/mol. The van der Waals surface area contributed by atoms with Gasteiger partial charge in [-0.2, -0.15) is 0 Å². The van der Waals surface area contributed by atoms with E-state index in [0.717, 1.165) is 12.2 Å². The Hall–Kier alpha value is -1.98. The Balaban J connectivity index is 1.49. The molecule has 0 spiro atoms. The summed E-state index contributed by atoms with van der Waals surface area (Å²) in [4.78, 5) is 27.5. The van der Waals surface area contributed by atoms with Gasteiger partial charge in [0.05, 0.1) is 12.9 Å². The highest BCUT2D eigenvalue weighted by molar-refractivity contribution is 5.83. The molecule has 0 radical (unpaired) electrons. The Morgan fingerprint density at radius 2 is 2.00 bits per heavy atom. The fourth-order valence-electron chi connectivity index (χ4n) is 2.84. The first-order valence-electron chi connectivity index (χ1n) is 7.44. The Morgan fingerprint density at radius 1 is 1.29 bits per heavy atom. The van der Waals surface area contributed by atoms with Crippen molar-refractivity contribution in [1.29, 1.82) is 0 Å². The largest absolute Gasteiger partial charge is 0.469 e. The van der Waals surface area contributed by atoms with E-state index in [0.29, 0.717) is 32.8 Å². The van der Waals surface area contributed by atoms with Crippen LogP contribution in [0.2, 0.25) is 0 Å². The van der Waals surface area contributed by atoms with E-state index < -0.39 is 0 Å². The Kier molecular flexibility index (Phi) is 3.86. The molecule has 6 heteroatoms. The molecule has 6 nitrogen and oxygen atoms in total. The number of furan rings is 1. The van der Waals surface area contributed by atoms with E-state index in [1.165, 1.54) is 0 Å². The molecule has 1 saturated carbocycles. The van der Waals surface area contributed by atoms with Crippen molar-refractivity contribution < 1.29 is 18.7 Å². The zero-order valence-electron chi connectivity index (χ0n) is 12.2. The van der Waals surface area contributed by atoms with Crippen molar-refractivity contribution in [2.45, 2.75) is 19.3 Å². The summed E-state index contributed by atoms with van der Waals surface area (Å²) in [6, 6.07) is 3.78. The number of carbonyl (C=O) groups is 2. The molecule has 1 aliphatic carbocycles. The molecule has 21 heavy (non-hydrogen) atoms. The number of rotatable bonds is 3. The average molecular weight is 292 g/mol. The molecule has 0 unspecified atom stereocenters. The molecule has 2 aliphatic rings. The van der Waals surface area contributed by atoms with E-state index in [4.69, 9.17) is 9.15 Å². The summed E-state index contributed by atoms with van der Waals surface area (Å²) >= 11 is 0. The lowest BCUT2D eigenvalue weighted by Crippen LogP contribution is -2.51. The second kappa shape index (κ2) is 5.79. The number of hydrogen-bond acceptors (Lipinski definition) is 4. The van der Waals surface area contributed by atoms with Crippen LogP contribution in [0.25, 0.3) is 0 Å². The fourth-order valence-corrected chi connectivity index (χ4v) is 2.84. The van der Waals surface area contributed by atoms with Crippen molar-refractivity contribution in [3.63, 3.8) is 0 Å². The van der Waals surface area contributed by atoms with Gasteiger partial charge in [0.1, 0.15) is 5.76 Å². The van der Waals surface area contributed by atoms with Gasteiger partial charge in [0, 0.05) is 38.0 Å². The summed E-state index contributed by atoms with van der Waals surface area (Å²) in [5.74, 6) is 1.36. The topological polar surface area (TPSA) is 63.0 Å². The summed E-state index contributed by atoms with van der Waals surface area (Å²) in [5.41, 5.74) is 0. The van der Waals surface area contributed by atoms with Gasteiger partial charge in [0.25, 0.3) is 0 Å². The molecule has 1 aliphatic heterocycles. The van der Waals surface area contributed by atoms with E-state index in [1.807, 2.05) is 17.0 Å². The minimum atomic E-state index is -0.288. The predicted molar refractivity (Wildman–Crippen MR) is 74.7 cm³/mol. The molecule has 0 bridgehead atoms. The van der Waals surface area contributed by atoms with Gasteiger partial charge in [0.2, 0.25) is 5.91 Å². The van der Waals surface area contributed by atoms with Crippen molar-refractivity contribution >= 4 is 12.0 Å². The Bertz CT molecular complexity index is 506. The molecule has 2 heterocycles. The van der Waals surface area contributed by atoms with Crippen LogP contribution in [0.5, 0.6) is 0 Å². The predicted octanol–water partition coefficient (Wildman–Crippen LogP) is 1.68. The number of piperazine rings is 1. The SMILES string of the molecule is CCOC(=O)N1CCN(C(=O)[C@H]2C[C@H]2c2ccco2)CC1. The number of nitrogens with zero attached hydrogens (tertiary/aromatic N) is 2.